The maximum atomic E-state index is 13.0. The first kappa shape index (κ1) is 20.3. The number of aromatic amines is 1. The van der Waals surface area contributed by atoms with Gasteiger partial charge in [-0.05, 0) is 49.2 Å². The minimum atomic E-state index is -0.259. The molecule has 32 heavy (non-hydrogen) atoms. The first-order valence-corrected chi connectivity index (χ1v) is 10.6. The van der Waals surface area contributed by atoms with Gasteiger partial charge in [-0.15, -0.1) is 0 Å². The van der Waals surface area contributed by atoms with Crippen LogP contribution in [0.15, 0.2) is 57.7 Å². The molecule has 2 heterocycles. The van der Waals surface area contributed by atoms with Crippen molar-refractivity contribution in [2.75, 3.05) is 12.0 Å². The summed E-state index contributed by atoms with van der Waals surface area (Å²) in [6.45, 7) is 1.44. The molecular formula is C24H20ClN3O4. The van der Waals surface area contributed by atoms with Crippen LogP contribution in [0.25, 0.3) is 22.3 Å². The summed E-state index contributed by atoms with van der Waals surface area (Å²) in [5.74, 6) is 1.79. The van der Waals surface area contributed by atoms with Crippen LogP contribution < -0.4 is 15.1 Å². The highest BCUT2D eigenvalue weighted by molar-refractivity contribution is 6.35. The number of hydrogen-bond donors (Lipinski definition) is 1. The van der Waals surface area contributed by atoms with Crippen molar-refractivity contribution in [2.24, 2.45) is 0 Å². The third-order valence-corrected chi connectivity index (χ3v) is 5.83. The van der Waals surface area contributed by atoms with Crippen LogP contribution in [0, 0.1) is 0 Å². The highest BCUT2D eigenvalue weighted by atomic mass is 35.5. The lowest BCUT2D eigenvalue weighted by atomic mass is 10.1. The maximum absolute atomic E-state index is 13.0. The number of halogens is 1. The van der Waals surface area contributed by atoms with Crippen molar-refractivity contribution in [3.05, 3.63) is 69.5 Å². The highest BCUT2D eigenvalue weighted by Gasteiger charge is 2.28. The van der Waals surface area contributed by atoms with Crippen LogP contribution in [-0.2, 0) is 4.79 Å². The molecule has 2 aromatic carbocycles. The van der Waals surface area contributed by atoms with E-state index in [-0.39, 0.29) is 27.3 Å². The number of fused-ring (bicyclic) bond motifs is 1. The normalized spacial score (nSPS) is 13.3. The number of ether oxygens (including phenoxy) is 1. The lowest BCUT2D eigenvalue weighted by Gasteiger charge is -2.19. The molecule has 0 unspecified atom stereocenters. The highest BCUT2D eigenvalue weighted by Crippen LogP contribution is 2.41. The van der Waals surface area contributed by atoms with Gasteiger partial charge in [-0.3, -0.25) is 19.6 Å². The van der Waals surface area contributed by atoms with Crippen LogP contribution in [0.3, 0.4) is 0 Å². The lowest BCUT2D eigenvalue weighted by Crippen LogP contribution is -2.23. The van der Waals surface area contributed by atoms with Crippen molar-refractivity contribution in [3.63, 3.8) is 0 Å². The Morgan fingerprint density at radius 2 is 1.94 bits per heavy atom. The van der Waals surface area contributed by atoms with Gasteiger partial charge in [-0.1, -0.05) is 11.6 Å². The molecule has 1 amide bonds. The van der Waals surface area contributed by atoms with Crippen LogP contribution in [0.1, 0.15) is 31.4 Å². The standard InChI is InChI=1S/C24H20ClN3O4/c1-13(29)28(23-11-20(26-27-23)14-3-4-14)16-9-18-21(30)12-22(32-24(18)19(25)10-16)15-5-7-17(31-2)8-6-15/h5-12,14H,3-4H2,1-2H3,(H,26,27). The topological polar surface area (TPSA) is 88.4 Å². The molecule has 1 saturated carbocycles. The number of rotatable bonds is 5. The number of hydrogen-bond acceptors (Lipinski definition) is 5. The van der Waals surface area contributed by atoms with Gasteiger partial charge < -0.3 is 9.15 Å². The second-order valence-corrected chi connectivity index (χ2v) is 8.23. The molecule has 2 aromatic heterocycles. The number of aromatic nitrogens is 2. The molecule has 8 heteroatoms. The van der Waals surface area contributed by atoms with Crippen molar-refractivity contribution in [1.82, 2.24) is 10.2 Å². The van der Waals surface area contributed by atoms with E-state index in [2.05, 4.69) is 10.2 Å². The Labute approximate surface area is 188 Å². The van der Waals surface area contributed by atoms with Gasteiger partial charge in [0.2, 0.25) is 5.91 Å². The Morgan fingerprint density at radius 3 is 2.59 bits per heavy atom. The van der Waals surface area contributed by atoms with Crippen LogP contribution in [0.4, 0.5) is 11.5 Å². The van der Waals surface area contributed by atoms with E-state index in [0.29, 0.717) is 28.9 Å². The van der Waals surface area contributed by atoms with Crippen LogP contribution in [-0.4, -0.2) is 23.2 Å². The smallest absolute Gasteiger partial charge is 0.229 e. The van der Waals surface area contributed by atoms with Gasteiger partial charge in [0, 0.05) is 36.2 Å². The Morgan fingerprint density at radius 1 is 1.19 bits per heavy atom. The number of nitrogens with zero attached hydrogens (tertiary/aromatic N) is 2. The summed E-state index contributed by atoms with van der Waals surface area (Å²) in [4.78, 5) is 26.9. The molecule has 4 aromatic rings. The van der Waals surface area contributed by atoms with E-state index in [1.807, 2.05) is 6.07 Å². The SMILES string of the molecule is COc1ccc(-c2cc(=O)c3cc(N(C(C)=O)c4cc(C5CC5)[nH]n4)cc(Cl)c3o2)cc1. The van der Waals surface area contributed by atoms with E-state index >= 15 is 0 Å². The fraction of sp³-hybridized carbons (Fsp3) is 0.208. The molecule has 5 rings (SSSR count). The average Bonchev–Trinajstić information content (AvgIpc) is 3.52. The number of methoxy groups -OCH3 is 1. The second-order valence-electron chi connectivity index (χ2n) is 7.82. The number of carbonyl (C=O) groups excluding carboxylic acids is 1. The lowest BCUT2D eigenvalue weighted by molar-refractivity contribution is -0.115. The number of H-pyrrole nitrogens is 1. The van der Waals surface area contributed by atoms with Crippen molar-refractivity contribution in [2.45, 2.75) is 25.7 Å². The third-order valence-electron chi connectivity index (χ3n) is 5.55. The largest absolute Gasteiger partial charge is 0.497 e. The van der Waals surface area contributed by atoms with Crippen molar-refractivity contribution in [1.29, 1.82) is 0 Å². The summed E-state index contributed by atoms with van der Waals surface area (Å²) < 4.78 is 11.2. The molecule has 162 valence electrons. The van der Waals surface area contributed by atoms with Gasteiger partial charge in [0.05, 0.1) is 23.2 Å². The summed E-state index contributed by atoms with van der Waals surface area (Å²) in [5, 5.41) is 7.82. The maximum Gasteiger partial charge on any atom is 0.229 e. The molecule has 0 atom stereocenters. The molecule has 1 fully saturated rings. The van der Waals surface area contributed by atoms with E-state index < -0.39 is 0 Å². The fourth-order valence-electron chi connectivity index (χ4n) is 3.75. The zero-order valence-electron chi connectivity index (χ0n) is 17.5. The molecular weight excluding hydrogens is 430 g/mol. The Kier molecular flexibility index (Phi) is 4.98. The first-order valence-electron chi connectivity index (χ1n) is 10.2. The zero-order valence-corrected chi connectivity index (χ0v) is 18.3. The summed E-state index contributed by atoms with van der Waals surface area (Å²) in [7, 11) is 1.59. The Bertz CT molecular complexity index is 1390. The average molecular weight is 450 g/mol. The van der Waals surface area contributed by atoms with Crippen molar-refractivity contribution in [3.8, 4) is 17.1 Å². The zero-order chi connectivity index (χ0) is 22.4. The van der Waals surface area contributed by atoms with Crippen LogP contribution in [0.5, 0.6) is 5.75 Å². The molecule has 0 spiro atoms. The van der Waals surface area contributed by atoms with Gasteiger partial charge in [0.1, 0.15) is 11.5 Å². The molecule has 0 aliphatic heterocycles. The number of carbonyl (C=O) groups is 1. The molecule has 0 radical (unpaired) electrons. The van der Waals surface area contributed by atoms with Gasteiger partial charge in [0.15, 0.2) is 16.8 Å². The molecule has 0 bridgehead atoms. The molecule has 1 N–H and O–H groups in total. The monoisotopic (exact) mass is 449 g/mol. The number of benzene rings is 2. The van der Waals surface area contributed by atoms with E-state index in [0.717, 1.165) is 24.1 Å². The van der Waals surface area contributed by atoms with E-state index in [1.165, 1.54) is 17.9 Å². The van der Waals surface area contributed by atoms with Gasteiger partial charge in [-0.2, -0.15) is 5.10 Å². The number of amides is 1. The summed E-state index contributed by atoms with van der Waals surface area (Å²) in [5.41, 5.74) is 2.18. The van der Waals surface area contributed by atoms with Crippen LogP contribution in [0.2, 0.25) is 5.02 Å². The van der Waals surface area contributed by atoms with Crippen LogP contribution >= 0.6 is 11.6 Å². The quantitative estimate of drug-likeness (QED) is 0.440. The molecule has 7 nitrogen and oxygen atoms in total. The third kappa shape index (κ3) is 3.65. The second kappa shape index (κ2) is 7.84. The Hall–Kier alpha value is -3.58. The summed E-state index contributed by atoms with van der Waals surface area (Å²) in [6, 6.07) is 13.7. The first-order chi connectivity index (χ1) is 15.4. The Balaban J connectivity index is 1.59. The summed E-state index contributed by atoms with van der Waals surface area (Å²) in [6.07, 6.45) is 2.22. The van der Waals surface area contributed by atoms with Gasteiger partial charge in [0.25, 0.3) is 0 Å². The van der Waals surface area contributed by atoms with E-state index in [1.54, 1.807) is 43.5 Å². The molecule has 1 aliphatic rings. The van der Waals surface area contributed by atoms with Crippen molar-refractivity contribution < 1.29 is 13.9 Å². The van der Waals surface area contributed by atoms with E-state index in [9.17, 15) is 9.59 Å². The number of nitrogens with one attached hydrogen (secondary N) is 1. The van der Waals surface area contributed by atoms with Crippen molar-refractivity contribution >= 4 is 40.0 Å². The summed E-state index contributed by atoms with van der Waals surface area (Å²) >= 11 is 6.52. The minimum Gasteiger partial charge on any atom is -0.497 e. The minimum absolute atomic E-state index is 0.231. The predicted octanol–water partition coefficient (Wildman–Crippen LogP) is 5.41. The molecule has 0 saturated heterocycles. The predicted molar refractivity (Wildman–Crippen MR) is 123 cm³/mol. The van der Waals surface area contributed by atoms with Gasteiger partial charge in [-0.25, -0.2) is 0 Å². The number of anilines is 2. The van der Waals surface area contributed by atoms with Gasteiger partial charge >= 0.3 is 0 Å². The fourth-order valence-corrected chi connectivity index (χ4v) is 4.00. The van der Waals surface area contributed by atoms with E-state index in [4.69, 9.17) is 20.8 Å². The molecule has 1 aliphatic carbocycles.